The van der Waals surface area contributed by atoms with Crippen LogP contribution < -0.4 is 4.74 Å². The van der Waals surface area contributed by atoms with Crippen molar-refractivity contribution < 1.29 is 70.6 Å². The Hall–Kier alpha value is -10.4. The van der Waals surface area contributed by atoms with Crippen molar-refractivity contribution in [1.82, 2.24) is 0 Å². The molecule has 0 spiro atoms. The molecule has 10 aromatic carbocycles. The highest BCUT2D eigenvalue weighted by Gasteiger charge is 2.33. The summed E-state index contributed by atoms with van der Waals surface area (Å²) in [5.41, 5.74) is 7.35. The van der Waals surface area contributed by atoms with Crippen molar-refractivity contribution in [1.29, 1.82) is 10.5 Å². The third-order valence-corrected chi connectivity index (χ3v) is 27.5. The largest absolute Gasteiger partial charge is 0.491 e. The van der Waals surface area contributed by atoms with Gasteiger partial charge in [0.2, 0.25) is 5.82 Å². The van der Waals surface area contributed by atoms with Crippen LogP contribution in [0.2, 0.25) is 0 Å². The summed E-state index contributed by atoms with van der Waals surface area (Å²) in [5, 5.41) is 19.8. The SMILES string of the molecule is CCC1CCC(c2ccc(-c3ccc(C)c(F)c3F)c(F)c2F)CC1.CCCCCc1ccc(-c2ccc(-c3ccc(CCCCC)cc3)c(C#N)c2C#N)cc1.CCCc1ccc(-c2ccc(C3CCC(CCC)CC3)c(F)c2F)c(F)c1F.CCOc1ccc(-c2sc(CC)cc2F)c(F)c1F.CCc1ccc(-c2ccc(C3CCC(CC)CC3)c(F)c2F)c(F)c1F. The number of rotatable bonds is 27. The number of thiophene rings is 1. The Morgan fingerprint density at radius 1 is 0.323 bits per heavy atom. The Kier molecular flexibility index (Phi) is 38.5. The van der Waals surface area contributed by atoms with Gasteiger partial charge in [-0.25, -0.2) is 61.5 Å². The first kappa shape index (κ1) is 102. The van der Waals surface area contributed by atoms with E-state index in [-0.39, 0.29) is 90.6 Å². The van der Waals surface area contributed by atoms with Gasteiger partial charge in [-0.3, -0.25) is 0 Å². The molecule has 3 aliphatic carbocycles. The van der Waals surface area contributed by atoms with Crippen LogP contribution in [0, 0.1) is 135 Å². The molecule has 1 heterocycles. The number of nitrogens with zero attached hydrogens (tertiary/aromatic N) is 2. The van der Waals surface area contributed by atoms with Crippen LogP contribution in [-0.2, 0) is 32.1 Å². The lowest BCUT2D eigenvalue weighted by atomic mass is 9.77. The van der Waals surface area contributed by atoms with Crippen molar-refractivity contribution in [2.24, 2.45) is 17.8 Å². The van der Waals surface area contributed by atoms with Gasteiger partial charge in [0.1, 0.15) is 18.0 Å². The van der Waals surface area contributed by atoms with Crippen LogP contribution in [0.25, 0.3) is 66.1 Å². The molecule has 3 fully saturated rings. The predicted octanol–water partition coefficient (Wildman–Crippen LogP) is 35.0. The molecule has 0 N–H and O–H groups in total. The number of hydrogen-bond acceptors (Lipinski definition) is 4. The summed E-state index contributed by atoms with van der Waals surface area (Å²) in [6.07, 6.45) is 27.2. The van der Waals surface area contributed by atoms with Crippen LogP contribution in [0.5, 0.6) is 5.75 Å². The van der Waals surface area contributed by atoms with Gasteiger partial charge in [-0.1, -0.05) is 247 Å². The van der Waals surface area contributed by atoms with Crippen LogP contribution >= 0.6 is 11.3 Å². The summed E-state index contributed by atoms with van der Waals surface area (Å²) in [7, 11) is 0. The van der Waals surface area contributed by atoms with E-state index in [4.69, 9.17) is 4.74 Å². The number of hydrogen-bond donors (Lipinski definition) is 0. The molecule has 0 radical (unpaired) electrons. The van der Waals surface area contributed by atoms with E-state index in [2.05, 4.69) is 95.3 Å². The minimum atomic E-state index is -1.14. The fraction of sp³-hybridized carbons (Fsp3) is 0.405. The summed E-state index contributed by atoms with van der Waals surface area (Å²) in [5.74, 6) is -13.3. The molecule has 130 heavy (non-hydrogen) atoms. The van der Waals surface area contributed by atoms with Gasteiger partial charge in [0, 0.05) is 54.9 Å². The Morgan fingerprint density at radius 2 is 0.685 bits per heavy atom. The lowest BCUT2D eigenvalue weighted by molar-refractivity contribution is 0.303. The average Bonchev–Trinajstić information content (AvgIpc) is 1.04. The molecule has 0 bridgehead atoms. The fourth-order valence-corrected chi connectivity index (χ4v) is 19.3. The second-order valence-corrected chi connectivity index (χ2v) is 35.7. The molecule has 0 amide bonds. The molecule has 19 heteroatoms. The summed E-state index contributed by atoms with van der Waals surface area (Å²) < 4.78 is 220. The van der Waals surface area contributed by atoms with Gasteiger partial charge in [0.15, 0.2) is 81.4 Å². The molecular weight excluding hydrogens is 1690 g/mol. The molecule has 1 aromatic heterocycles. The highest BCUT2D eigenvalue weighted by atomic mass is 32.1. The molecule has 14 rings (SSSR count). The third-order valence-electron chi connectivity index (χ3n) is 26.2. The topological polar surface area (TPSA) is 56.8 Å². The molecule has 690 valence electrons. The molecule has 0 saturated heterocycles. The van der Waals surface area contributed by atoms with Crippen LogP contribution in [0.15, 0.2) is 152 Å². The molecule has 0 aliphatic heterocycles. The van der Waals surface area contributed by atoms with E-state index in [9.17, 15) is 76.4 Å². The zero-order chi connectivity index (χ0) is 94.0. The van der Waals surface area contributed by atoms with E-state index in [0.717, 1.165) is 148 Å². The molecular formula is C111H119F15N2OS. The number of benzene rings is 10. The van der Waals surface area contributed by atoms with Crippen molar-refractivity contribution in [3.63, 3.8) is 0 Å². The van der Waals surface area contributed by atoms with Gasteiger partial charge in [-0.15, -0.1) is 11.3 Å². The van der Waals surface area contributed by atoms with E-state index in [1.165, 1.54) is 148 Å². The van der Waals surface area contributed by atoms with Crippen molar-refractivity contribution in [2.75, 3.05) is 6.61 Å². The molecule has 3 nitrogen and oxygen atoms in total. The Morgan fingerprint density at radius 3 is 1.05 bits per heavy atom. The van der Waals surface area contributed by atoms with E-state index in [1.54, 1.807) is 19.9 Å². The van der Waals surface area contributed by atoms with Crippen molar-refractivity contribution in [3.8, 4) is 84.0 Å². The number of halogens is 15. The van der Waals surface area contributed by atoms with Crippen LogP contribution in [0.1, 0.15) is 288 Å². The number of ether oxygens (including phenoxy) is 1. The smallest absolute Gasteiger partial charge is 0.201 e. The first-order chi connectivity index (χ1) is 62.7. The van der Waals surface area contributed by atoms with Crippen LogP contribution in [-0.4, -0.2) is 6.61 Å². The molecule has 0 unspecified atom stereocenters. The van der Waals surface area contributed by atoms with E-state index in [0.29, 0.717) is 71.3 Å². The first-order valence-corrected chi connectivity index (χ1v) is 47.4. The summed E-state index contributed by atoms with van der Waals surface area (Å²) in [4.78, 5) is 0.914. The zero-order valence-corrected chi connectivity index (χ0v) is 77.1. The van der Waals surface area contributed by atoms with Crippen molar-refractivity contribution in [3.05, 3.63) is 299 Å². The van der Waals surface area contributed by atoms with Gasteiger partial charge < -0.3 is 4.74 Å². The maximum atomic E-state index is 14.8. The summed E-state index contributed by atoms with van der Waals surface area (Å²) in [6.45, 7) is 19.7. The predicted molar refractivity (Wildman–Crippen MR) is 496 cm³/mol. The number of aryl methyl sites for hydroxylation is 6. The van der Waals surface area contributed by atoms with Crippen molar-refractivity contribution in [2.45, 2.75) is 267 Å². The molecule has 11 aromatic rings. The lowest BCUT2D eigenvalue weighted by Crippen LogP contribution is -2.15. The number of nitriles is 2. The van der Waals surface area contributed by atoms with Crippen LogP contribution in [0.4, 0.5) is 65.9 Å². The monoisotopic (exact) mass is 1810 g/mol. The van der Waals surface area contributed by atoms with Gasteiger partial charge in [0.05, 0.1) is 22.6 Å². The Balaban J connectivity index is 0.000000170. The molecule has 3 saturated carbocycles. The second-order valence-electron chi connectivity index (χ2n) is 34.6. The zero-order valence-electron chi connectivity index (χ0n) is 76.3. The third kappa shape index (κ3) is 24.7. The van der Waals surface area contributed by atoms with E-state index in [1.807, 2.05) is 26.0 Å². The average molecular weight is 1810 g/mol. The maximum absolute atomic E-state index is 14.8. The van der Waals surface area contributed by atoms with Gasteiger partial charge in [-0.2, -0.15) is 14.9 Å². The fourth-order valence-electron chi connectivity index (χ4n) is 18.3. The standard InChI is InChI=1S/C30H32N2.C24H28F4.C22H24F4.C21H22F4.C14H13F3OS/c1-3-5-7-9-23-11-15-25(16-12-23)27-19-20-28(30(22-32)29(27)21-31)26-17-13-24(14-18-26)10-8-6-4-2;1-3-5-15-7-9-16(10-8-15)18-13-14-20(24(28)22(18)26)19-12-11-17(6-4-2)21(25)23(19)27;1-3-13-5-7-15(8-6-13)16-11-12-18(22(26)20(16)24)17-10-9-14(4-2)19(23)21(17)25;1-3-13-5-7-14(8-6-13)15-10-11-17(21(25)19(15)23)16-9-4-12(2)18(22)20(16)24;1-3-8-7-10(15)14(19-8)9-5-6-11(18-4-2)13(17)12(9)16/h11-20H,3-10H2,1-2H3;11-16H,3-10H2,1-2H3;9-13,15H,3-8H2,1-2H3;4,9-11,13-14H,3,5-8H2,1-2H3;5-7H,3-4H2,1-2H3. The highest BCUT2D eigenvalue weighted by molar-refractivity contribution is 7.15. The number of unbranched alkanes of at least 4 members (excludes halogenated alkanes) is 4. The second kappa shape index (κ2) is 49.2. The van der Waals surface area contributed by atoms with Crippen molar-refractivity contribution >= 4 is 11.3 Å². The lowest BCUT2D eigenvalue weighted by Gasteiger charge is -2.29. The quantitative estimate of drug-likeness (QED) is 0.0381. The van der Waals surface area contributed by atoms with E-state index >= 15 is 0 Å². The molecule has 0 atom stereocenters. The Labute approximate surface area is 762 Å². The van der Waals surface area contributed by atoms with Gasteiger partial charge >= 0.3 is 0 Å². The van der Waals surface area contributed by atoms with E-state index < -0.39 is 87.3 Å². The highest BCUT2D eigenvalue weighted by Crippen LogP contribution is 2.46. The molecule has 3 aliphatic rings. The van der Waals surface area contributed by atoms with Gasteiger partial charge in [-0.05, 0) is 245 Å². The maximum Gasteiger partial charge on any atom is 0.201 e. The minimum Gasteiger partial charge on any atom is -0.491 e. The first-order valence-electron chi connectivity index (χ1n) is 46.6. The Bertz CT molecular complexity index is 5590. The normalized spacial score (nSPS) is 16.5. The van der Waals surface area contributed by atoms with Crippen LogP contribution in [0.3, 0.4) is 0 Å². The summed E-state index contributed by atoms with van der Waals surface area (Å²) >= 11 is 1.13. The minimum absolute atomic E-state index is 0.00838. The summed E-state index contributed by atoms with van der Waals surface area (Å²) in [6, 6.07) is 46.4. The van der Waals surface area contributed by atoms with Gasteiger partial charge in [0.25, 0.3) is 0 Å².